The Bertz CT molecular complexity index is 1650. The Morgan fingerprint density at radius 3 is 2.65 bits per heavy atom. The molecule has 3 amide bonds. The highest BCUT2D eigenvalue weighted by molar-refractivity contribution is 6.04. The lowest BCUT2D eigenvalue weighted by atomic mass is 10.1. The molecule has 0 aromatic carbocycles. The minimum absolute atomic E-state index is 0.147. The summed E-state index contributed by atoms with van der Waals surface area (Å²) in [4.78, 5) is 49.2. The van der Waals surface area contributed by atoms with Gasteiger partial charge in [-0.15, -0.1) is 0 Å². The van der Waals surface area contributed by atoms with E-state index in [1.54, 1.807) is 23.5 Å². The number of aromatic nitrogens is 7. The molecule has 0 radical (unpaired) electrons. The van der Waals surface area contributed by atoms with Crippen molar-refractivity contribution >= 4 is 39.8 Å². The highest BCUT2D eigenvalue weighted by atomic mass is 16.2. The number of aromatic amines is 2. The van der Waals surface area contributed by atoms with Crippen molar-refractivity contribution in [2.45, 2.75) is 0 Å². The molecular weight excluding hydrogens is 474 g/mol. The van der Waals surface area contributed by atoms with Crippen LogP contribution in [0.1, 0.15) is 10.4 Å². The Hall–Kier alpha value is -4.91. The Morgan fingerprint density at radius 2 is 1.84 bits per heavy atom. The van der Waals surface area contributed by atoms with Crippen molar-refractivity contribution in [2.75, 3.05) is 38.5 Å². The molecule has 5 aromatic heterocycles. The van der Waals surface area contributed by atoms with Gasteiger partial charge in [-0.2, -0.15) is 5.10 Å². The summed E-state index contributed by atoms with van der Waals surface area (Å²) >= 11 is 0. The lowest BCUT2D eigenvalue weighted by Crippen LogP contribution is -2.48. The number of fused-ring (bicyclic) bond motifs is 2. The van der Waals surface area contributed by atoms with Gasteiger partial charge in [-0.25, -0.2) is 19.7 Å². The van der Waals surface area contributed by atoms with Gasteiger partial charge in [0.25, 0.3) is 5.91 Å². The number of carbonyl (C=O) groups excluding carboxylic acids is 2. The second-order valence-electron chi connectivity index (χ2n) is 8.88. The van der Waals surface area contributed by atoms with Crippen LogP contribution >= 0.6 is 0 Å². The predicted molar refractivity (Wildman–Crippen MR) is 137 cm³/mol. The lowest BCUT2D eigenvalue weighted by Gasteiger charge is -2.32. The zero-order valence-corrected chi connectivity index (χ0v) is 19.9. The van der Waals surface area contributed by atoms with Crippen LogP contribution in [0.15, 0.2) is 43.0 Å². The maximum Gasteiger partial charge on any atom is 0.321 e. The van der Waals surface area contributed by atoms with Crippen molar-refractivity contribution in [2.24, 2.45) is 5.73 Å². The number of H-pyrrole nitrogens is 2. The third kappa shape index (κ3) is 4.21. The Labute approximate surface area is 210 Å². The van der Waals surface area contributed by atoms with Gasteiger partial charge in [0.1, 0.15) is 11.2 Å². The summed E-state index contributed by atoms with van der Waals surface area (Å²) in [6.07, 6.45) is 6.52. The first-order valence-electron chi connectivity index (χ1n) is 11.6. The van der Waals surface area contributed by atoms with Gasteiger partial charge in [0, 0.05) is 55.9 Å². The second-order valence-corrected chi connectivity index (χ2v) is 8.88. The number of amides is 3. The van der Waals surface area contributed by atoms with E-state index in [0.29, 0.717) is 52.5 Å². The zero-order valence-electron chi connectivity index (χ0n) is 19.9. The summed E-state index contributed by atoms with van der Waals surface area (Å²) in [5.74, 6) is -0.166. The van der Waals surface area contributed by atoms with Gasteiger partial charge in [-0.05, 0) is 25.2 Å². The maximum atomic E-state index is 12.7. The van der Waals surface area contributed by atoms with E-state index >= 15 is 0 Å². The lowest BCUT2D eigenvalue weighted by molar-refractivity contribution is 0.100. The SMILES string of the molecule is CN1CCN(C(=O)Nc2cncc(-c3cnc4[nH]nc(-c5nc6c(C(N)=O)ccnc6[nH]5)c4c3)c2)CC1. The second kappa shape index (κ2) is 8.95. The standard InChI is InChI=1S/C24H23N11O2/c1-34-4-6-35(7-5-34)24(37)29-15-8-13(10-26-12-15)14-9-17-19(32-33-21(17)28-11-14)23-30-18-16(20(25)36)2-3-27-22(18)31-23/h2-3,8-12H,4-7H2,1H3,(H2,25,36)(H,29,37)(H,27,30,31)(H,28,32,33). The molecule has 0 unspecified atom stereocenters. The van der Waals surface area contributed by atoms with Crippen molar-refractivity contribution in [1.82, 2.24) is 44.9 Å². The van der Waals surface area contributed by atoms with E-state index in [9.17, 15) is 9.59 Å². The van der Waals surface area contributed by atoms with E-state index in [0.717, 1.165) is 24.2 Å². The number of nitrogens with two attached hydrogens (primary N) is 1. The number of rotatable bonds is 4. The third-order valence-corrected chi connectivity index (χ3v) is 6.40. The van der Waals surface area contributed by atoms with Gasteiger partial charge in [0.2, 0.25) is 0 Å². The molecule has 0 spiro atoms. The van der Waals surface area contributed by atoms with Crippen molar-refractivity contribution in [3.05, 3.63) is 48.5 Å². The zero-order chi connectivity index (χ0) is 25.5. The molecule has 0 atom stereocenters. The van der Waals surface area contributed by atoms with Crippen LogP contribution in [0.4, 0.5) is 10.5 Å². The number of likely N-dealkylation sites (N-methyl/N-ethyl adjacent to an activating group) is 1. The molecule has 1 saturated heterocycles. The quantitative estimate of drug-likeness (QED) is 0.291. The van der Waals surface area contributed by atoms with Crippen molar-refractivity contribution in [1.29, 1.82) is 0 Å². The third-order valence-electron chi connectivity index (χ3n) is 6.40. The number of imidazole rings is 1. The van der Waals surface area contributed by atoms with Crippen LogP contribution in [0.25, 0.3) is 44.8 Å². The van der Waals surface area contributed by atoms with Crippen LogP contribution in [-0.4, -0.2) is 90.1 Å². The largest absolute Gasteiger partial charge is 0.366 e. The van der Waals surface area contributed by atoms with Gasteiger partial charge in [0.05, 0.1) is 22.8 Å². The number of hydrogen-bond donors (Lipinski definition) is 4. The van der Waals surface area contributed by atoms with E-state index in [1.165, 1.54) is 12.3 Å². The van der Waals surface area contributed by atoms with Gasteiger partial charge in [-0.1, -0.05) is 0 Å². The smallest absolute Gasteiger partial charge is 0.321 e. The topological polar surface area (TPSA) is 175 Å². The van der Waals surface area contributed by atoms with E-state index < -0.39 is 5.91 Å². The molecule has 0 saturated carbocycles. The van der Waals surface area contributed by atoms with Crippen molar-refractivity contribution in [3.8, 4) is 22.6 Å². The summed E-state index contributed by atoms with van der Waals surface area (Å²) in [7, 11) is 2.04. The van der Waals surface area contributed by atoms with Crippen LogP contribution in [0.2, 0.25) is 0 Å². The van der Waals surface area contributed by atoms with Gasteiger partial charge < -0.3 is 25.8 Å². The average Bonchev–Trinajstić information content (AvgIpc) is 3.52. The summed E-state index contributed by atoms with van der Waals surface area (Å²) in [5, 5.41) is 10.9. The number of pyridine rings is 3. The van der Waals surface area contributed by atoms with Crippen LogP contribution in [0.3, 0.4) is 0 Å². The fourth-order valence-electron chi connectivity index (χ4n) is 4.34. The molecule has 186 valence electrons. The summed E-state index contributed by atoms with van der Waals surface area (Å²) in [6.45, 7) is 3.04. The molecule has 1 fully saturated rings. The summed E-state index contributed by atoms with van der Waals surface area (Å²) in [6, 6.07) is 5.15. The number of carbonyl (C=O) groups is 2. The number of urea groups is 1. The number of piperazine rings is 1. The molecule has 0 aliphatic carbocycles. The van der Waals surface area contributed by atoms with Gasteiger partial charge in [-0.3, -0.25) is 14.9 Å². The molecule has 6 heterocycles. The average molecular weight is 498 g/mol. The predicted octanol–water partition coefficient (Wildman–Crippen LogP) is 1.84. The van der Waals surface area contributed by atoms with Crippen LogP contribution < -0.4 is 11.1 Å². The summed E-state index contributed by atoms with van der Waals surface area (Å²) < 4.78 is 0. The van der Waals surface area contributed by atoms with Crippen LogP contribution in [0, 0.1) is 0 Å². The van der Waals surface area contributed by atoms with Gasteiger partial charge >= 0.3 is 6.03 Å². The molecule has 13 nitrogen and oxygen atoms in total. The first-order valence-corrected chi connectivity index (χ1v) is 11.6. The van der Waals surface area contributed by atoms with Crippen molar-refractivity contribution < 1.29 is 9.59 Å². The molecule has 5 N–H and O–H groups in total. The minimum Gasteiger partial charge on any atom is -0.366 e. The number of primary amides is 1. The molecular formula is C24H23N11O2. The molecule has 0 bridgehead atoms. The van der Waals surface area contributed by atoms with E-state index in [1.807, 2.05) is 19.2 Å². The fraction of sp³-hybridized carbons (Fsp3) is 0.208. The Morgan fingerprint density at radius 1 is 1.03 bits per heavy atom. The number of hydrogen-bond acceptors (Lipinski definition) is 8. The number of anilines is 1. The van der Waals surface area contributed by atoms with Crippen LogP contribution in [0.5, 0.6) is 0 Å². The highest BCUT2D eigenvalue weighted by Crippen LogP contribution is 2.30. The monoisotopic (exact) mass is 497 g/mol. The Kier molecular flexibility index (Phi) is 5.45. The molecule has 5 aromatic rings. The highest BCUT2D eigenvalue weighted by Gasteiger charge is 2.20. The maximum absolute atomic E-state index is 12.7. The fourth-order valence-corrected chi connectivity index (χ4v) is 4.34. The first-order chi connectivity index (χ1) is 18.0. The first kappa shape index (κ1) is 22.5. The molecule has 37 heavy (non-hydrogen) atoms. The number of nitrogens with one attached hydrogen (secondary N) is 3. The minimum atomic E-state index is -0.589. The number of nitrogens with zero attached hydrogens (tertiary/aromatic N) is 7. The summed E-state index contributed by atoms with van der Waals surface area (Å²) in [5.41, 5.74) is 9.80. The van der Waals surface area contributed by atoms with Crippen molar-refractivity contribution in [3.63, 3.8) is 0 Å². The van der Waals surface area contributed by atoms with E-state index in [-0.39, 0.29) is 11.6 Å². The molecule has 6 rings (SSSR count). The van der Waals surface area contributed by atoms with Gasteiger partial charge in [0.15, 0.2) is 17.1 Å². The van der Waals surface area contributed by atoms with E-state index in [2.05, 4.69) is 45.3 Å². The Balaban J connectivity index is 1.31. The molecule has 1 aliphatic heterocycles. The van der Waals surface area contributed by atoms with E-state index in [4.69, 9.17) is 5.73 Å². The normalized spacial score (nSPS) is 14.4. The van der Waals surface area contributed by atoms with Crippen LogP contribution in [-0.2, 0) is 0 Å². The molecule has 13 heteroatoms. The molecule has 1 aliphatic rings.